The van der Waals surface area contributed by atoms with Crippen molar-refractivity contribution in [3.63, 3.8) is 0 Å². The lowest BCUT2D eigenvalue weighted by atomic mass is 10.0. The highest BCUT2D eigenvalue weighted by molar-refractivity contribution is 5.95. The van der Waals surface area contributed by atoms with Crippen LogP contribution in [0.4, 0.5) is 14.9 Å². The summed E-state index contributed by atoms with van der Waals surface area (Å²) in [6.07, 6.45) is 2.74. The first-order chi connectivity index (χ1) is 16.7. The molecule has 2 aliphatic heterocycles. The van der Waals surface area contributed by atoms with Gasteiger partial charge in [-0.3, -0.25) is 9.80 Å². The predicted molar refractivity (Wildman–Crippen MR) is 133 cm³/mol. The quantitative estimate of drug-likeness (QED) is 0.557. The number of rotatable bonds is 6. The molecule has 0 unspecified atom stereocenters. The molecule has 0 aromatic heterocycles. The molecule has 2 aliphatic rings. The summed E-state index contributed by atoms with van der Waals surface area (Å²) < 4.78 is 18.7. The fourth-order valence-corrected chi connectivity index (χ4v) is 4.80. The van der Waals surface area contributed by atoms with Crippen LogP contribution < -0.4 is 15.0 Å². The molecule has 0 bridgehead atoms. The maximum absolute atomic E-state index is 13.0. The van der Waals surface area contributed by atoms with Crippen LogP contribution in [0.3, 0.4) is 0 Å². The van der Waals surface area contributed by atoms with Crippen molar-refractivity contribution in [3.8, 4) is 16.9 Å². The molecule has 1 N–H and O–H groups in total. The second kappa shape index (κ2) is 10.3. The predicted octanol–water partition coefficient (Wildman–Crippen LogP) is 5.11. The smallest absolute Gasteiger partial charge is 0.322 e. The van der Waals surface area contributed by atoms with Crippen molar-refractivity contribution in [2.45, 2.75) is 25.3 Å². The average molecular weight is 460 g/mol. The molecule has 1 saturated heterocycles. The first kappa shape index (κ1) is 22.4. The number of nitrogens with one attached hydrogen (secondary N) is 1. The number of likely N-dealkylation sites (tertiary alicyclic amines) is 1. The van der Waals surface area contributed by atoms with E-state index in [2.05, 4.69) is 40.5 Å². The number of benzene rings is 3. The fourth-order valence-electron chi connectivity index (χ4n) is 4.80. The van der Waals surface area contributed by atoms with Crippen molar-refractivity contribution in [1.29, 1.82) is 0 Å². The van der Waals surface area contributed by atoms with Gasteiger partial charge in [-0.1, -0.05) is 36.4 Å². The summed E-state index contributed by atoms with van der Waals surface area (Å²) in [6.45, 7) is 3.96. The molecule has 5 nitrogen and oxygen atoms in total. The number of nitrogens with zero attached hydrogens (tertiary/aromatic N) is 2. The van der Waals surface area contributed by atoms with Crippen LogP contribution in [-0.4, -0.2) is 49.8 Å². The van der Waals surface area contributed by atoms with Crippen molar-refractivity contribution in [2.75, 3.05) is 37.7 Å². The molecule has 0 atom stereocenters. The summed E-state index contributed by atoms with van der Waals surface area (Å²) in [7, 11) is 0. The molecule has 6 heteroatoms. The largest absolute Gasteiger partial charge is 0.492 e. The number of hydrogen-bond donors (Lipinski definition) is 1. The minimum Gasteiger partial charge on any atom is -0.492 e. The summed E-state index contributed by atoms with van der Waals surface area (Å²) in [5.41, 5.74) is 4.64. The summed E-state index contributed by atoms with van der Waals surface area (Å²) in [5.74, 6) is 0.427. The molecule has 2 heterocycles. The van der Waals surface area contributed by atoms with Crippen LogP contribution in [-0.2, 0) is 6.42 Å². The second-order valence-corrected chi connectivity index (χ2v) is 8.98. The van der Waals surface area contributed by atoms with Crippen LogP contribution >= 0.6 is 0 Å². The zero-order chi connectivity index (χ0) is 23.3. The van der Waals surface area contributed by atoms with E-state index in [-0.39, 0.29) is 17.9 Å². The normalized spacial score (nSPS) is 16.3. The Morgan fingerprint density at radius 1 is 0.941 bits per heavy atom. The highest BCUT2D eigenvalue weighted by Crippen LogP contribution is 2.32. The number of carbonyl (C=O) groups is 1. The number of amides is 2. The van der Waals surface area contributed by atoms with Crippen LogP contribution in [0, 0.1) is 5.82 Å². The zero-order valence-corrected chi connectivity index (χ0v) is 19.3. The van der Waals surface area contributed by atoms with Crippen molar-refractivity contribution in [3.05, 3.63) is 84.2 Å². The van der Waals surface area contributed by atoms with Crippen LogP contribution in [0.1, 0.15) is 18.4 Å². The van der Waals surface area contributed by atoms with Crippen molar-refractivity contribution < 1.29 is 13.9 Å². The number of hydrogen-bond acceptors (Lipinski definition) is 3. The third-order valence-corrected chi connectivity index (χ3v) is 6.73. The van der Waals surface area contributed by atoms with Gasteiger partial charge in [0.15, 0.2) is 0 Å². The molecule has 0 saturated carbocycles. The highest BCUT2D eigenvalue weighted by atomic mass is 19.1. The van der Waals surface area contributed by atoms with Gasteiger partial charge in [0.1, 0.15) is 18.2 Å². The molecular weight excluding hydrogens is 429 g/mol. The van der Waals surface area contributed by atoms with E-state index in [1.807, 2.05) is 23.1 Å². The topological polar surface area (TPSA) is 44.8 Å². The van der Waals surface area contributed by atoms with E-state index < -0.39 is 0 Å². The van der Waals surface area contributed by atoms with Gasteiger partial charge in [-0.15, -0.1) is 0 Å². The molecule has 0 spiro atoms. The Morgan fingerprint density at radius 3 is 2.47 bits per heavy atom. The second-order valence-electron chi connectivity index (χ2n) is 8.98. The average Bonchev–Trinajstić information content (AvgIpc) is 3.30. The van der Waals surface area contributed by atoms with Gasteiger partial charge in [-0.25, -0.2) is 9.18 Å². The molecule has 1 fully saturated rings. The van der Waals surface area contributed by atoms with Crippen LogP contribution in [0.25, 0.3) is 11.1 Å². The van der Waals surface area contributed by atoms with Gasteiger partial charge >= 0.3 is 6.03 Å². The third kappa shape index (κ3) is 5.23. The number of halogens is 1. The fraction of sp³-hybridized carbons (Fsp3) is 0.321. The molecular formula is C28H30FN3O2. The highest BCUT2D eigenvalue weighted by Gasteiger charge is 2.28. The first-order valence-corrected chi connectivity index (χ1v) is 12.0. The van der Waals surface area contributed by atoms with E-state index in [1.54, 1.807) is 12.1 Å². The lowest BCUT2D eigenvalue weighted by Gasteiger charge is -2.33. The molecule has 5 rings (SSSR count). The minimum atomic E-state index is -0.258. The molecule has 0 aliphatic carbocycles. The number of carbonyl (C=O) groups excluding carboxylic acids is 1. The minimum absolute atomic E-state index is 0.00399. The van der Waals surface area contributed by atoms with Crippen molar-refractivity contribution in [2.24, 2.45) is 0 Å². The maximum atomic E-state index is 13.0. The Kier molecular flexibility index (Phi) is 6.77. The van der Waals surface area contributed by atoms with Crippen molar-refractivity contribution in [1.82, 2.24) is 10.2 Å². The van der Waals surface area contributed by atoms with E-state index in [4.69, 9.17) is 4.74 Å². The Hall–Kier alpha value is -3.38. The van der Waals surface area contributed by atoms with Gasteiger partial charge in [0.05, 0.1) is 0 Å². The number of piperidine rings is 1. The summed E-state index contributed by atoms with van der Waals surface area (Å²) >= 11 is 0. The zero-order valence-electron chi connectivity index (χ0n) is 19.3. The Morgan fingerprint density at radius 2 is 1.71 bits per heavy atom. The molecule has 3 aromatic rings. The third-order valence-electron chi connectivity index (χ3n) is 6.73. The molecule has 3 aromatic carbocycles. The number of ether oxygens (including phenoxy) is 1. The van der Waals surface area contributed by atoms with Crippen LogP contribution in [0.2, 0.25) is 0 Å². The Labute approximate surface area is 200 Å². The van der Waals surface area contributed by atoms with E-state index in [0.29, 0.717) is 12.4 Å². The number of anilines is 1. The summed E-state index contributed by atoms with van der Waals surface area (Å²) in [4.78, 5) is 17.3. The van der Waals surface area contributed by atoms with Crippen LogP contribution in [0.15, 0.2) is 72.8 Å². The molecule has 2 amide bonds. The van der Waals surface area contributed by atoms with Gasteiger partial charge in [-0.2, -0.15) is 0 Å². The lowest BCUT2D eigenvalue weighted by molar-refractivity contribution is 0.165. The summed E-state index contributed by atoms with van der Waals surface area (Å²) in [5, 5.41) is 3.25. The van der Waals surface area contributed by atoms with E-state index in [9.17, 15) is 9.18 Å². The van der Waals surface area contributed by atoms with Gasteiger partial charge in [0, 0.05) is 37.9 Å². The van der Waals surface area contributed by atoms with E-state index >= 15 is 0 Å². The van der Waals surface area contributed by atoms with E-state index in [1.165, 1.54) is 28.8 Å². The van der Waals surface area contributed by atoms with Gasteiger partial charge < -0.3 is 10.1 Å². The monoisotopic (exact) mass is 459 g/mol. The van der Waals surface area contributed by atoms with Gasteiger partial charge in [-0.05, 0) is 72.4 Å². The number of urea groups is 1. The molecule has 176 valence electrons. The van der Waals surface area contributed by atoms with E-state index in [0.717, 1.165) is 51.1 Å². The van der Waals surface area contributed by atoms with Crippen molar-refractivity contribution >= 4 is 11.7 Å². The summed E-state index contributed by atoms with van der Waals surface area (Å²) in [6, 6.07) is 23.0. The molecule has 34 heavy (non-hydrogen) atoms. The Bertz CT molecular complexity index is 1110. The van der Waals surface area contributed by atoms with Gasteiger partial charge in [0.2, 0.25) is 0 Å². The first-order valence-electron chi connectivity index (χ1n) is 12.0. The Balaban J connectivity index is 1.09. The standard InChI is InChI=1S/C28H30FN3O2/c29-24-7-9-26(10-8-24)34-19-18-31-15-13-25(14-16-31)30-28(33)32-17-12-23-20-22(6-11-27(23)32)21-4-2-1-3-5-21/h1-11,20,25H,12-19H2,(H,30,33). The SMILES string of the molecule is O=C(NC1CCN(CCOc2ccc(F)cc2)CC1)N1CCc2cc(-c3ccccc3)ccc21. The molecule has 0 radical (unpaired) electrons. The van der Waals surface area contributed by atoms with Gasteiger partial charge in [0.25, 0.3) is 0 Å². The lowest BCUT2D eigenvalue weighted by Crippen LogP contribution is -2.49. The maximum Gasteiger partial charge on any atom is 0.322 e. The van der Waals surface area contributed by atoms with Crippen LogP contribution in [0.5, 0.6) is 5.75 Å². The number of fused-ring (bicyclic) bond motifs is 1.